The van der Waals surface area contributed by atoms with E-state index >= 15 is 0 Å². The van der Waals surface area contributed by atoms with Crippen LogP contribution < -0.4 is 19.1 Å². The number of nitrogens with zero attached hydrogens (tertiary/aromatic N) is 1. The maximum Gasteiger partial charge on any atom is 0.262 e. The van der Waals surface area contributed by atoms with Gasteiger partial charge in [-0.1, -0.05) is 24.3 Å². The SMILES string of the molecule is CC1Cc2ccccc2N1C(=O)c1cccc(NS(=O)(=O)c2ccc3c(c2)OCCO3)c1. The van der Waals surface area contributed by atoms with E-state index in [-0.39, 0.29) is 16.8 Å². The molecule has 2 aliphatic heterocycles. The number of carbonyl (C=O) groups excluding carboxylic acids is 1. The van der Waals surface area contributed by atoms with E-state index in [1.54, 1.807) is 35.2 Å². The fraction of sp³-hybridized carbons (Fsp3) is 0.208. The molecule has 1 atom stereocenters. The first-order chi connectivity index (χ1) is 15.4. The van der Waals surface area contributed by atoms with Crippen molar-refractivity contribution in [2.75, 3.05) is 22.8 Å². The Balaban J connectivity index is 1.40. The van der Waals surface area contributed by atoms with Crippen LogP contribution in [0.5, 0.6) is 11.5 Å². The summed E-state index contributed by atoms with van der Waals surface area (Å²) >= 11 is 0. The number of rotatable bonds is 4. The summed E-state index contributed by atoms with van der Waals surface area (Å²) in [5.41, 5.74) is 2.75. The molecule has 3 aromatic rings. The molecule has 32 heavy (non-hydrogen) atoms. The molecular weight excluding hydrogens is 428 g/mol. The van der Waals surface area contributed by atoms with Gasteiger partial charge in [0.25, 0.3) is 15.9 Å². The van der Waals surface area contributed by atoms with Gasteiger partial charge in [-0.05, 0) is 55.3 Å². The maximum atomic E-state index is 13.3. The number of ether oxygens (including phenoxy) is 2. The minimum atomic E-state index is -3.88. The van der Waals surface area contributed by atoms with Gasteiger partial charge >= 0.3 is 0 Å². The molecule has 0 saturated carbocycles. The lowest BCUT2D eigenvalue weighted by atomic mass is 10.1. The zero-order valence-corrected chi connectivity index (χ0v) is 18.3. The number of amides is 1. The van der Waals surface area contributed by atoms with Crippen molar-refractivity contribution in [1.29, 1.82) is 0 Å². The molecule has 164 valence electrons. The van der Waals surface area contributed by atoms with Gasteiger partial charge in [-0.15, -0.1) is 0 Å². The second-order valence-electron chi connectivity index (χ2n) is 7.85. The van der Waals surface area contributed by atoms with E-state index in [9.17, 15) is 13.2 Å². The minimum Gasteiger partial charge on any atom is -0.486 e. The molecule has 1 N–H and O–H groups in total. The van der Waals surface area contributed by atoms with E-state index in [1.807, 2.05) is 31.2 Å². The average Bonchev–Trinajstić information content (AvgIpc) is 3.13. The molecule has 1 unspecified atom stereocenters. The van der Waals surface area contributed by atoms with Gasteiger partial charge in [-0.25, -0.2) is 8.42 Å². The Bertz CT molecular complexity index is 1310. The van der Waals surface area contributed by atoms with Gasteiger partial charge in [-0.3, -0.25) is 9.52 Å². The molecule has 7 nitrogen and oxygen atoms in total. The van der Waals surface area contributed by atoms with Crippen LogP contribution in [0.4, 0.5) is 11.4 Å². The number of para-hydroxylation sites is 1. The second kappa shape index (κ2) is 7.87. The third-order valence-corrected chi connectivity index (χ3v) is 6.99. The predicted octanol–water partition coefficient (Wildman–Crippen LogP) is 3.85. The van der Waals surface area contributed by atoms with Crippen LogP contribution in [0.25, 0.3) is 0 Å². The van der Waals surface area contributed by atoms with Gasteiger partial charge in [0, 0.05) is 29.0 Å². The Morgan fingerprint density at radius 2 is 1.75 bits per heavy atom. The van der Waals surface area contributed by atoms with Crippen LogP contribution in [0.2, 0.25) is 0 Å². The number of benzene rings is 3. The Morgan fingerprint density at radius 1 is 0.969 bits per heavy atom. The van der Waals surface area contributed by atoms with Crippen molar-refractivity contribution in [3.05, 3.63) is 77.9 Å². The zero-order valence-electron chi connectivity index (χ0n) is 17.4. The smallest absolute Gasteiger partial charge is 0.262 e. The topological polar surface area (TPSA) is 84.9 Å². The number of hydrogen-bond acceptors (Lipinski definition) is 5. The number of anilines is 2. The third kappa shape index (κ3) is 3.67. The summed E-state index contributed by atoms with van der Waals surface area (Å²) < 4.78 is 39.4. The quantitative estimate of drug-likeness (QED) is 0.653. The van der Waals surface area contributed by atoms with Crippen LogP contribution in [-0.2, 0) is 16.4 Å². The monoisotopic (exact) mass is 450 g/mol. The van der Waals surface area contributed by atoms with E-state index in [1.165, 1.54) is 12.1 Å². The molecule has 2 heterocycles. The molecule has 8 heteroatoms. The number of fused-ring (bicyclic) bond motifs is 2. The minimum absolute atomic E-state index is 0.0259. The fourth-order valence-electron chi connectivity index (χ4n) is 4.13. The summed E-state index contributed by atoms with van der Waals surface area (Å²) in [5.74, 6) is 0.746. The zero-order chi connectivity index (χ0) is 22.3. The number of nitrogens with one attached hydrogen (secondary N) is 1. The molecule has 0 radical (unpaired) electrons. The standard InChI is InChI=1S/C24H22N2O5S/c1-16-13-17-5-2-3-8-21(17)26(16)24(27)18-6-4-7-19(14-18)25-32(28,29)20-9-10-22-23(15-20)31-12-11-30-22/h2-10,14-16,25H,11-13H2,1H3. The Labute approximate surface area is 186 Å². The summed E-state index contributed by atoms with van der Waals surface area (Å²) in [6.45, 7) is 2.80. The van der Waals surface area contributed by atoms with Crippen molar-refractivity contribution in [3.8, 4) is 11.5 Å². The van der Waals surface area contributed by atoms with Gasteiger partial charge in [0.05, 0.1) is 4.90 Å². The van der Waals surface area contributed by atoms with Crippen molar-refractivity contribution < 1.29 is 22.7 Å². The lowest BCUT2D eigenvalue weighted by Crippen LogP contribution is -2.35. The second-order valence-corrected chi connectivity index (χ2v) is 9.53. The van der Waals surface area contributed by atoms with Crippen molar-refractivity contribution in [3.63, 3.8) is 0 Å². The summed E-state index contributed by atoms with van der Waals surface area (Å²) in [6, 6.07) is 18.9. The maximum absolute atomic E-state index is 13.3. The van der Waals surface area contributed by atoms with Crippen molar-refractivity contribution in [2.45, 2.75) is 24.3 Å². The molecule has 0 aromatic heterocycles. The molecule has 0 fully saturated rings. The average molecular weight is 451 g/mol. The van der Waals surface area contributed by atoms with Gasteiger partial charge in [0.2, 0.25) is 0 Å². The number of sulfonamides is 1. The fourth-order valence-corrected chi connectivity index (χ4v) is 5.20. The molecule has 0 aliphatic carbocycles. The van der Waals surface area contributed by atoms with Crippen molar-refractivity contribution >= 4 is 27.3 Å². The summed E-state index contributed by atoms with van der Waals surface area (Å²) in [7, 11) is -3.88. The lowest BCUT2D eigenvalue weighted by Gasteiger charge is -2.23. The van der Waals surface area contributed by atoms with E-state index in [0.717, 1.165) is 17.7 Å². The van der Waals surface area contributed by atoms with E-state index in [0.29, 0.717) is 36.0 Å². The first-order valence-corrected chi connectivity index (χ1v) is 11.8. The lowest BCUT2D eigenvalue weighted by molar-refractivity contribution is 0.0981. The molecule has 1 amide bonds. The predicted molar refractivity (Wildman–Crippen MR) is 121 cm³/mol. The highest BCUT2D eigenvalue weighted by Gasteiger charge is 2.31. The normalized spacial score (nSPS) is 17.0. The van der Waals surface area contributed by atoms with Crippen LogP contribution >= 0.6 is 0 Å². The summed E-state index contributed by atoms with van der Waals surface area (Å²) in [6.07, 6.45) is 0.790. The van der Waals surface area contributed by atoms with E-state index < -0.39 is 10.0 Å². The molecule has 0 spiro atoms. The number of carbonyl (C=O) groups is 1. The number of hydrogen-bond donors (Lipinski definition) is 1. The first kappa shape index (κ1) is 20.4. The van der Waals surface area contributed by atoms with Crippen LogP contribution in [0.3, 0.4) is 0 Å². The Morgan fingerprint density at radius 3 is 2.59 bits per heavy atom. The van der Waals surface area contributed by atoms with Crippen molar-refractivity contribution in [2.24, 2.45) is 0 Å². The van der Waals surface area contributed by atoms with E-state index in [4.69, 9.17) is 9.47 Å². The molecular formula is C24H22N2O5S. The Kier molecular flexibility index (Phi) is 5.01. The first-order valence-electron chi connectivity index (χ1n) is 10.4. The van der Waals surface area contributed by atoms with Crippen LogP contribution in [0.15, 0.2) is 71.6 Å². The Hall–Kier alpha value is -3.52. The van der Waals surface area contributed by atoms with E-state index in [2.05, 4.69) is 4.72 Å². The third-order valence-electron chi connectivity index (χ3n) is 5.61. The molecule has 0 bridgehead atoms. The molecule has 2 aliphatic rings. The highest BCUT2D eigenvalue weighted by molar-refractivity contribution is 7.92. The highest BCUT2D eigenvalue weighted by atomic mass is 32.2. The van der Waals surface area contributed by atoms with Gasteiger partial charge in [0.15, 0.2) is 11.5 Å². The highest BCUT2D eigenvalue weighted by Crippen LogP contribution is 2.34. The van der Waals surface area contributed by atoms with Crippen LogP contribution in [0, 0.1) is 0 Å². The van der Waals surface area contributed by atoms with Gasteiger partial charge in [-0.2, -0.15) is 0 Å². The largest absolute Gasteiger partial charge is 0.486 e. The van der Waals surface area contributed by atoms with Gasteiger partial charge in [0.1, 0.15) is 13.2 Å². The summed E-state index contributed by atoms with van der Waals surface area (Å²) in [5, 5.41) is 0. The summed E-state index contributed by atoms with van der Waals surface area (Å²) in [4.78, 5) is 15.1. The molecule has 5 rings (SSSR count). The molecule has 0 saturated heterocycles. The van der Waals surface area contributed by atoms with Crippen LogP contribution in [-0.4, -0.2) is 33.6 Å². The molecule has 3 aromatic carbocycles. The van der Waals surface area contributed by atoms with Gasteiger partial charge < -0.3 is 14.4 Å². The van der Waals surface area contributed by atoms with Crippen molar-refractivity contribution in [1.82, 2.24) is 0 Å². The van der Waals surface area contributed by atoms with Crippen LogP contribution in [0.1, 0.15) is 22.8 Å².